The number of anilines is 1. The summed E-state index contributed by atoms with van der Waals surface area (Å²) in [7, 11) is 1.47. The summed E-state index contributed by atoms with van der Waals surface area (Å²) in [6.45, 7) is 2.56. The Bertz CT molecular complexity index is 1780. The lowest BCUT2D eigenvalue weighted by Crippen LogP contribution is -2.46. The normalized spacial score (nSPS) is 19.3. The van der Waals surface area contributed by atoms with E-state index in [2.05, 4.69) is 20.9 Å². The fraction of sp³-hybridized carbons (Fsp3) is 0.375. The van der Waals surface area contributed by atoms with E-state index in [0.717, 1.165) is 6.29 Å². The van der Waals surface area contributed by atoms with Crippen LogP contribution in [0.1, 0.15) is 38.2 Å². The second-order valence-electron chi connectivity index (χ2n) is 11.5. The first-order valence-corrected chi connectivity index (χ1v) is 14.0. The van der Waals surface area contributed by atoms with Gasteiger partial charge < -0.3 is 29.0 Å². The average molecular weight is 589 g/mol. The van der Waals surface area contributed by atoms with Crippen molar-refractivity contribution in [2.24, 2.45) is 5.41 Å². The molecule has 9 nitrogen and oxygen atoms in total. The van der Waals surface area contributed by atoms with Gasteiger partial charge >= 0.3 is 6.01 Å². The van der Waals surface area contributed by atoms with Crippen molar-refractivity contribution < 1.29 is 32.9 Å². The molecule has 1 atom stereocenters. The molecule has 0 amide bonds. The minimum Gasteiger partial charge on any atom is -0.468 e. The zero-order valence-corrected chi connectivity index (χ0v) is 23.8. The predicted molar refractivity (Wildman–Crippen MR) is 156 cm³/mol. The summed E-state index contributed by atoms with van der Waals surface area (Å²) in [5.74, 6) is 1.64. The third-order valence-electron chi connectivity index (χ3n) is 8.03. The smallest absolute Gasteiger partial charge is 0.319 e. The molecule has 4 aromatic rings. The van der Waals surface area contributed by atoms with Gasteiger partial charge in [-0.15, -0.1) is 6.42 Å². The Labute approximate surface area is 246 Å². The topological polar surface area (TPSA) is 107 Å². The lowest BCUT2D eigenvalue weighted by molar-refractivity contribution is -0.113. The molecule has 1 aliphatic carbocycles. The number of ether oxygens (including phenoxy) is 3. The lowest BCUT2D eigenvalue weighted by atomic mass is 9.94. The number of hydrogen-bond acceptors (Lipinski definition) is 9. The number of carbonyl (C=O) groups excluding carboxylic acids is 1. The Morgan fingerprint density at radius 2 is 2.00 bits per heavy atom. The maximum absolute atomic E-state index is 16.7. The van der Waals surface area contributed by atoms with Gasteiger partial charge in [-0.2, -0.15) is 9.97 Å². The number of nitrogens with zero attached hydrogens (tertiary/aromatic N) is 4. The van der Waals surface area contributed by atoms with Crippen LogP contribution in [0.4, 0.5) is 14.6 Å². The van der Waals surface area contributed by atoms with Gasteiger partial charge in [0.25, 0.3) is 0 Å². The number of carbonyl (C=O) groups is 1. The van der Waals surface area contributed by atoms with Gasteiger partial charge in [0.05, 0.1) is 22.0 Å². The molecular weight excluding hydrogens is 558 g/mol. The molecule has 6 rings (SSSR count). The standard InChI is InChI=1S/C32H30F2N4O5/c1-4-21-24(33)7-6-19-12-20(43-18-41-3)13-22(25(19)21)27-26(34)28-23(14-35-27)29(38-11-5-8-31(2,40)15-38)37-30(36-28)42-17-32(16-39)9-10-32/h1,6-7,12-14,16,40H,5,8-11,15,17-18H2,2-3H3/t31-/m1/s1. The molecule has 0 radical (unpaired) electrons. The molecule has 43 heavy (non-hydrogen) atoms. The molecule has 0 unspecified atom stereocenters. The molecule has 0 spiro atoms. The number of rotatable bonds is 9. The molecule has 1 N–H and O–H groups in total. The summed E-state index contributed by atoms with van der Waals surface area (Å²) >= 11 is 0. The van der Waals surface area contributed by atoms with Gasteiger partial charge in [0.2, 0.25) is 0 Å². The van der Waals surface area contributed by atoms with E-state index in [9.17, 15) is 14.3 Å². The fourth-order valence-corrected chi connectivity index (χ4v) is 5.53. The quantitative estimate of drug-likeness (QED) is 0.168. The van der Waals surface area contributed by atoms with E-state index in [1.54, 1.807) is 13.0 Å². The Kier molecular flexibility index (Phi) is 7.36. The highest BCUT2D eigenvalue weighted by molar-refractivity contribution is 6.03. The Morgan fingerprint density at radius 3 is 2.70 bits per heavy atom. The van der Waals surface area contributed by atoms with Crippen molar-refractivity contribution in [3.05, 3.63) is 47.7 Å². The van der Waals surface area contributed by atoms with Crippen molar-refractivity contribution in [2.75, 3.05) is 38.5 Å². The van der Waals surface area contributed by atoms with Gasteiger partial charge in [-0.25, -0.2) is 8.78 Å². The maximum Gasteiger partial charge on any atom is 0.319 e. The number of fused-ring (bicyclic) bond motifs is 2. The average Bonchev–Trinajstić information content (AvgIpc) is 3.79. The van der Waals surface area contributed by atoms with Crippen molar-refractivity contribution in [3.8, 4) is 35.4 Å². The molecule has 2 aliphatic rings. The van der Waals surface area contributed by atoms with Gasteiger partial charge in [0, 0.05) is 37.3 Å². The van der Waals surface area contributed by atoms with Crippen LogP contribution in [0.3, 0.4) is 0 Å². The van der Waals surface area contributed by atoms with E-state index in [-0.39, 0.29) is 53.7 Å². The third-order valence-corrected chi connectivity index (χ3v) is 8.03. The van der Waals surface area contributed by atoms with E-state index in [1.807, 2.05) is 4.90 Å². The molecule has 2 aromatic heterocycles. The first-order chi connectivity index (χ1) is 20.7. The third kappa shape index (κ3) is 5.44. The number of hydrogen-bond donors (Lipinski definition) is 1. The van der Waals surface area contributed by atoms with Crippen molar-refractivity contribution in [2.45, 2.75) is 38.2 Å². The lowest BCUT2D eigenvalue weighted by Gasteiger charge is -2.37. The van der Waals surface area contributed by atoms with Crippen LogP contribution in [-0.2, 0) is 9.53 Å². The molecule has 2 aromatic carbocycles. The van der Waals surface area contributed by atoms with Crippen molar-refractivity contribution >= 4 is 33.8 Å². The van der Waals surface area contributed by atoms with E-state index in [1.165, 1.54) is 31.5 Å². The second-order valence-corrected chi connectivity index (χ2v) is 11.5. The van der Waals surface area contributed by atoms with Crippen molar-refractivity contribution in [1.82, 2.24) is 15.0 Å². The fourth-order valence-electron chi connectivity index (χ4n) is 5.53. The molecule has 1 aliphatic heterocycles. The molecule has 1 saturated heterocycles. The number of methoxy groups -OCH3 is 1. The first kappa shape index (κ1) is 28.7. The molecule has 0 bridgehead atoms. The summed E-state index contributed by atoms with van der Waals surface area (Å²) in [5, 5.41) is 11.9. The number of benzene rings is 2. The number of β-amino-alcohol motifs (C(OH)–C–C–N with tert-alkyl or cyclic N) is 1. The summed E-state index contributed by atoms with van der Waals surface area (Å²) in [6.07, 6.45) is 10.7. The molecule has 1 saturated carbocycles. The van der Waals surface area contributed by atoms with Crippen LogP contribution in [0.2, 0.25) is 0 Å². The van der Waals surface area contributed by atoms with Crippen LogP contribution in [0.15, 0.2) is 30.5 Å². The Balaban J connectivity index is 1.56. The minimum absolute atomic E-state index is 0.0429. The van der Waals surface area contributed by atoms with E-state index in [0.29, 0.717) is 54.6 Å². The monoisotopic (exact) mass is 588 g/mol. The van der Waals surface area contributed by atoms with Crippen LogP contribution in [0.25, 0.3) is 32.9 Å². The first-order valence-electron chi connectivity index (χ1n) is 14.0. The number of aromatic nitrogens is 3. The largest absolute Gasteiger partial charge is 0.468 e. The molecule has 11 heteroatoms. The van der Waals surface area contributed by atoms with Crippen LogP contribution >= 0.6 is 0 Å². The number of piperidine rings is 1. The summed E-state index contributed by atoms with van der Waals surface area (Å²) < 4.78 is 48.1. The van der Waals surface area contributed by atoms with Crippen LogP contribution in [0.5, 0.6) is 11.8 Å². The number of terminal acetylenes is 1. The van der Waals surface area contributed by atoms with Gasteiger partial charge in [0.15, 0.2) is 12.6 Å². The van der Waals surface area contributed by atoms with Crippen LogP contribution in [-0.4, -0.2) is 65.5 Å². The van der Waals surface area contributed by atoms with Gasteiger partial charge in [-0.05, 0) is 56.2 Å². The number of aldehydes is 1. The summed E-state index contributed by atoms with van der Waals surface area (Å²) in [5.41, 5.74) is -1.62. The summed E-state index contributed by atoms with van der Waals surface area (Å²) in [6, 6.07) is 5.86. The molecule has 3 heterocycles. The number of halogens is 2. The predicted octanol–water partition coefficient (Wildman–Crippen LogP) is 4.80. The molecule has 222 valence electrons. The van der Waals surface area contributed by atoms with E-state index >= 15 is 4.39 Å². The Morgan fingerprint density at radius 1 is 1.19 bits per heavy atom. The highest BCUT2D eigenvalue weighted by Gasteiger charge is 2.44. The Hall–Kier alpha value is -4.40. The number of pyridine rings is 1. The van der Waals surface area contributed by atoms with E-state index < -0.39 is 22.7 Å². The van der Waals surface area contributed by atoms with Crippen LogP contribution in [0, 0.1) is 29.4 Å². The van der Waals surface area contributed by atoms with Crippen LogP contribution < -0.4 is 14.4 Å². The van der Waals surface area contributed by atoms with Gasteiger partial charge in [-0.3, -0.25) is 4.98 Å². The maximum atomic E-state index is 16.7. The minimum atomic E-state index is -0.977. The number of aliphatic hydroxyl groups is 1. The SMILES string of the molecule is C#Cc1c(F)ccc2cc(OCOC)cc(-c3ncc4c(N5CCC[C@@](C)(O)C5)nc(OCC5(C=O)CC5)nc4c3F)c12. The molecular formula is C32H30F2N4O5. The van der Waals surface area contributed by atoms with Crippen molar-refractivity contribution in [3.63, 3.8) is 0 Å². The zero-order valence-electron chi connectivity index (χ0n) is 23.8. The second kappa shape index (κ2) is 11.0. The highest BCUT2D eigenvalue weighted by Crippen LogP contribution is 2.44. The molecule has 2 fully saturated rings. The highest BCUT2D eigenvalue weighted by atomic mass is 19.1. The summed E-state index contributed by atoms with van der Waals surface area (Å²) in [4.78, 5) is 26.9. The van der Waals surface area contributed by atoms with Crippen molar-refractivity contribution in [1.29, 1.82) is 0 Å². The van der Waals surface area contributed by atoms with Gasteiger partial charge in [-0.1, -0.05) is 12.0 Å². The van der Waals surface area contributed by atoms with Gasteiger partial charge in [0.1, 0.15) is 41.5 Å². The van der Waals surface area contributed by atoms with E-state index in [4.69, 9.17) is 20.6 Å². The zero-order chi connectivity index (χ0) is 30.4.